The zero-order valence-corrected chi connectivity index (χ0v) is 17.6. The van der Waals surface area contributed by atoms with E-state index in [1.54, 1.807) is 0 Å². The Morgan fingerprint density at radius 2 is 1.22 bits per heavy atom. The van der Waals surface area contributed by atoms with E-state index in [0.29, 0.717) is 38.5 Å². The molecule has 0 fully saturated rings. The Kier molecular flexibility index (Phi) is 18.0. The summed E-state index contributed by atoms with van der Waals surface area (Å²) in [5.74, 6) is -1.22. The van der Waals surface area contributed by atoms with E-state index in [9.17, 15) is 19.5 Å². The van der Waals surface area contributed by atoms with Crippen molar-refractivity contribution in [2.45, 2.75) is 51.0 Å². The van der Waals surface area contributed by atoms with E-state index in [0.717, 1.165) is 0 Å². The molecule has 0 aliphatic carbocycles. The van der Waals surface area contributed by atoms with Gasteiger partial charge >= 0.3 is 18.2 Å². The first kappa shape index (κ1) is 29.7. The van der Waals surface area contributed by atoms with Crippen LogP contribution < -0.4 is 10.6 Å². The predicted octanol–water partition coefficient (Wildman–Crippen LogP) is 0.647. The van der Waals surface area contributed by atoms with Crippen molar-refractivity contribution in [2.24, 2.45) is 0 Å². The van der Waals surface area contributed by atoms with Crippen LogP contribution in [-0.2, 0) is 23.9 Å². The number of amides is 2. The minimum Gasteiger partial charge on any atom is -0.480 e. The molecule has 32 heavy (non-hydrogen) atoms. The van der Waals surface area contributed by atoms with Gasteiger partial charge in [-0.1, -0.05) is 0 Å². The Hall–Kier alpha value is -2.31. The third-order valence-electron chi connectivity index (χ3n) is 3.74. The van der Waals surface area contributed by atoms with Crippen molar-refractivity contribution in [1.29, 1.82) is 0 Å². The summed E-state index contributed by atoms with van der Waals surface area (Å²) in [5, 5.41) is 46.4. The average molecular weight is 472 g/mol. The fraction of sp³-hybridized carbons (Fsp3) is 0.812. The van der Waals surface area contributed by atoms with Crippen LogP contribution in [0.3, 0.4) is 0 Å². The highest BCUT2D eigenvalue weighted by atomic mass is 17.1. The van der Waals surface area contributed by atoms with E-state index in [2.05, 4.69) is 20.3 Å². The highest BCUT2D eigenvalue weighted by molar-refractivity contribution is 5.79. The molecule has 0 rings (SSSR count). The van der Waals surface area contributed by atoms with Gasteiger partial charge in [0.15, 0.2) is 0 Å². The Morgan fingerprint density at radius 1 is 0.719 bits per heavy atom. The van der Waals surface area contributed by atoms with Crippen LogP contribution in [0.4, 0.5) is 9.59 Å². The number of aliphatic carboxylic acids is 1. The number of carbonyl (C=O) groups is 3. The molecule has 7 N–H and O–H groups in total. The summed E-state index contributed by atoms with van der Waals surface area (Å²) in [4.78, 5) is 43.0. The second-order valence-corrected chi connectivity index (χ2v) is 6.32. The van der Waals surface area contributed by atoms with Gasteiger partial charge in [0.05, 0.1) is 37.2 Å². The molecule has 0 saturated carbocycles. The van der Waals surface area contributed by atoms with Gasteiger partial charge in [-0.05, 0) is 44.9 Å². The molecule has 0 aliphatic heterocycles. The number of alkyl carbamates (subject to hydrolysis) is 2. The van der Waals surface area contributed by atoms with Crippen molar-refractivity contribution in [3.8, 4) is 0 Å². The maximum Gasteiger partial charge on any atom is 0.407 e. The van der Waals surface area contributed by atoms with Crippen LogP contribution >= 0.6 is 0 Å². The molecule has 1 atom stereocenters. The summed E-state index contributed by atoms with van der Waals surface area (Å²) in [7, 11) is 0. The Balaban J connectivity index is 3.78. The molecule has 0 spiro atoms. The van der Waals surface area contributed by atoms with Gasteiger partial charge in [0.25, 0.3) is 0 Å². The number of nitrogens with zero attached hydrogens (tertiary/aromatic N) is 2. The summed E-state index contributed by atoms with van der Waals surface area (Å²) in [6.45, 7) is 0.421. The maximum atomic E-state index is 11.7. The fourth-order valence-corrected chi connectivity index (χ4v) is 2.19. The second kappa shape index (κ2) is 19.4. The molecule has 1 unspecified atom stereocenters. The van der Waals surface area contributed by atoms with E-state index in [1.807, 2.05) is 0 Å². The van der Waals surface area contributed by atoms with Crippen molar-refractivity contribution in [3.05, 3.63) is 0 Å². The van der Waals surface area contributed by atoms with E-state index in [-0.39, 0.29) is 39.4 Å². The highest BCUT2D eigenvalue weighted by Crippen LogP contribution is 2.02. The van der Waals surface area contributed by atoms with Gasteiger partial charge in [-0.2, -0.15) is 0 Å². The van der Waals surface area contributed by atoms with Crippen LogP contribution in [0.1, 0.15) is 44.9 Å². The molecule has 0 bridgehead atoms. The van der Waals surface area contributed by atoms with Crippen LogP contribution in [-0.4, -0.2) is 93.9 Å². The number of hydrogen-bond acceptors (Lipinski definition) is 13. The smallest absolute Gasteiger partial charge is 0.407 e. The van der Waals surface area contributed by atoms with Crippen molar-refractivity contribution < 1.29 is 59.5 Å². The monoisotopic (exact) mass is 472 g/mol. The number of carbonyl (C=O) groups excluding carboxylic acids is 2. The fourth-order valence-electron chi connectivity index (χ4n) is 2.19. The number of carboxylic acids is 1. The molecular weight excluding hydrogens is 440 g/mol. The van der Waals surface area contributed by atoms with Crippen LogP contribution in [0.15, 0.2) is 0 Å². The average Bonchev–Trinajstić information content (AvgIpc) is 2.71. The molecule has 0 aromatic carbocycles. The molecule has 0 aromatic heterocycles. The lowest BCUT2D eigenvalue weighted by molar-refractivity contribution is -0.492. The van der Waals surface area contributed by atoms with Gasteiger partial charge in [-0.3, -0.25) is 30.5 Å². The lowest BCUT2D eigenvalue weighted by Gasteiger charge is -2.14. The molecule has 0 aromatic rings. The largest absolute Gasteiger partial charge is 0.480 e. The van der Waals surface area contributed by atoms with Gasteiger partial charge in [-0.25, -0.2) is 14.4 Å². The standard InChI is InChI=1S/C16H32N4O12/c21-14(22)13(18-16(24)30-10-4-6-12-32-20(27)28)7-1-2-8-17-15(23)29-9-3-5-11-31-19(25)26/h13,25-28H,1-12H2,(H,17,23)(H,18,24)(H,21,22). The second-order valence-electron chi connectivity index (χ2n) is 6.32. The molecule has 16 heteroatoms. The van der Waals surface area contributed by atoms with Gasteiger partial charge in [0, 0.05) is 6.54 Å². The van der Waals surface area contributed by atoms with Crippen molar-refractivity contribution in [3.63, 3.8) is 0 Å². The summed E-state index contributed by atoms with van der Waals surface area (Å²) < 4.78 is 9.74. The molecule has 188 valence electrons. The number of ether oxygens (including phenoxy) is 2. The van der Waals surface area contributed by atoms with Gasteiger partial charge in [-0.15, -0.1) is 0 Å². The Morgan fingerprint density at radius 3 is 1.72 bits per heavy atom. The quantitative estimate of drug-likeness (QED) is 0.101. The topological polar surface area (TPSA) is 220 Å². The third-order valence-corrected chi connectivity index (χ3v) is 3.74. The highest BCUT2D eigenvalue weighted by Gasteiger charge is 2.20. The van der Waals surface area contributed by atoms with Crippen LogP contribution in [0.5, 0.6) is 0 Å². The van der Waals surface area contributed by atoms with Crippen molar-refractivity contribution in [1.82, 2.24) is 21.4 Å². The summed E-state index contributed by atoms with van der Waals surface area (Å²) in [6.07, 6.45) is 1.12. The lowest BCUT2D eigenvalue weighted by atomic mass is 10.1. The first-order valence-corrected chi connectivity index (χ1v) is 9.90. The van der Waals surface area contributed by atoms with Gasteiger partial charge in [0.2, 0.25) is 0 Å². The molecule has 2 amide bonds. The van der Waals surface area contributed by atoms with E-state index < -0.39 is 35.0 Å². The van der Waals surface area contributed by atoms with Gasteiger partial charge in [0.1, 0.15) is 6.04 Å². The summed E-state index contributed by atoms with van der Waals surface area (Å²) in [6, 6.07) is -1.15. The van der Waals surface area contributed by atoms with Gasteiger partial charge < -0.3 is 25.2 Å². The zero-order valence-electron chi connectivity index (χ0n) is 17.6. The lowest BCUT2D eigenvalue weighted by Crippen LogP contribution is -2.41. The Labute approximate surface area is 183 Å². The van der Waals surface area contributed by atoms with Crippen LogP contribution in [0.2, 0.25) is 0 Å². The molecule has 0 heterocycles. The first-order valence-electron chi connectivity index (χ1n) is 9.90. The van der Waals surface area contributed by atoms with E-state index in [1.165, 1.54) is 0 Å². The van der Waals surface area contributed by atoms with Crippen molar-refractivity contribution >= 4 is 18.2 Å². The minimum atomic E-state index is -1.22. The molecule has 0 aliphatic rings. The number of carboxylic acid groups (broad SMARTS) is 1. The van der Waals surface area contributed by atoms with Crippen LogP contribution in [0.25, 0.3) is 0 Å². The number of rotatable bonds is 19. The molecule has 16 nitrogen and oxygen atoms in total. The number of nitrogens with one attached hydrogen (secondary N) is 2. The van der Waals surface area contributed by atoms with E-state index in [4.69, 9.17) is 30.3 Å². The zero-order chi connectivity index (χ0) is 24.2. The van der Waals surface area contributed by atoms with E-state index >= 15 is 0 Å². The van der Waals surface area contributed by atoms with Crippen molar-refractivity contribution in [2.75, 3.05) is 33.0 Å². The third kappa shape index (κ3) is 19.6. The summed E-state index contributed by atoms with van der Waals surface area (Å²) in [5.41, 5.74) is 0. The predicted molar refractivity (Wildman–Crippen MR) is 100 cm³/mol. The SMILES string of the molecule is O=C(NCCCCC(NC(=O)OCCCCON(O)O)C(=O)O)OCCCCON(O)O. The maximum absolute atomic E-state index is 11.7. The van der Waals surface area contributed by atoms with Crippen LogP contribution in [0, 0.1) is 0 Å². The number of hydrogen-bond donors (Lipinski definition) is 7. The molecule has 0 radical (unpaired) electrons. The Bertz CT molecular complexity index is 523. The number of unbranched alkanes of at least 4 members (excludes halogenated alkanes) is 3. The first-order chi connectivity index (χ1) is 15.2. The molecule has 0 saturated heterocycles. The minimum absolute atomic E-state index is 0.000379. The normalized spacial score (nSPS) is 11.9. The summed E-state index contributed by atoms with van der Waals surface area (Å²) >= 11 is 0. The molecular formula is C16H32N4O12.